The van der Waals surface area contributed by atoms with Crippen LogP contribution >= 0.6 is 0 Å². The minimum atomic E-state index is -0.160. The maximum absolute atomic E-state index is 12.2. The second kappa shape index (κ2) is 6.36. The van der Waals surface area contributed by atoms with E-state index in [1.807, 2.05) is 36.4 Å². The van der Waals surface area contributed by atoms with Crippen molar-refractivity contribution in [3.63, 3.8) is 0 Å². The topological polar surface area (TPSA) is 52.6 Å². The highest BCUT2D eigenvalue weighted by Crippen LogP contribution is 2.61. The first-order chi connectivity index (χ1) is 12.1. The predicted octanol–water partition coefficient (Wildman–Crippen LogP) is 4.00. The molecule has 0 amide bonds. The van der Waals surface area contributed by atoms with Gasteiger partial charge in [0.25, 0.3) is 0 Å². The lowest BCUT2D eigenvalue weighted by Crippen LogP contribution is -2.53. The molecule has 2 aliphatic carbocycles. The number of rotatable bonds is 4. The largest absolute Gasteiger partial charge is 0.426 e. The van der Waals surface area contributed by atoms with E-state index in [-0.39, 0.29) is 29.2 Å². The maximum atomic E-state index is 12.2. The van der Waals surface area contributed by atoms with E-state index in [0.29, 0.717) is 11.5 Å². The van der Waals surface area contributed by atoms with Gasteiger partial charge in [-0.15, -0.1) is 0 Å². The van der Waals surface area contributed by atoms with E-state index < -0.39 is 0 Å². The van der Waals surface area contributed by atoms with Gasteiger partial charge in [-0.05, 0) is 55.4 Å². The Bertz CT molecular complexity index is 686. The van der Waals surface area contributed by atoms with Gasteiger partial charge in [0.05, 0.1) is 11.8 Å². The van der Waals surface area contributed by atoms with Gasteiger partial charge in [-0.3, -0.25) is 9.59 Å². The molecule has 2 fully saturated rings. The highest BCUT2D eigenvalue weighted by Gasteiger charge is 2.57. The summed E-state index contributed by atoms with van der Waals surface area (Å²) in [6, 6.07) is 18.3. The number of para-hydroxylation sites is 2. The minimum absolute atomic E-state index is 0.0497. The molecule has 4 rings (SSSR count). The summed E-state index contributed by atoms with van der Waals surface area (Å²) in [5.41, 5.74) is 0.140. The van der Waals surface area contributed by atoms with E-state index in [4.69, 9.17) is 9.47 Å². The number of ether oxygens (including phenoxy) is 2. The van der Waals surface area contributed by atoms with Gasteiger partial charge in [-0.2, -0.15) is 0 Å². The standard InChI is InChI=1S/C21H20O4/c22-19(24-17-7-3-1-4-8-17)15-11-21(12-15)13-16(14-21)20(23)25-18-9-5-2-6-10-18/h1-10,15-16H,11-14H2. The zero-order chi connectivity index (χ0) is 17.3. The lowest BCUT2D eigenvalue weighted by Gasteiger charge is -2.55. The van der Waals surface area contributed by atoms with Crippen LogP contribution in [0.25, 0.3) is 0 Å². The van der Waals surface area contributed by atoms with E-state index in [0.717, 1.165) is 25.7 Å². The molecule has 0 heterocycles. The fourth-order valence-corrected chi connectivity index (χ4v) is 4.01. The third-order valence-electron chi connectivity index (χ3n) is 5.31. The fraction of sp³-hybridized carbons (Fsp3) is 0.333. The third-order valence-corrected chi connectivity index (χ3v) is 5.31. The molecule has 1 spiro atoms. The van der Waals surface area contributed by atoms with Crippen molar-refractivity contribution in [1.82, 2.24) is 0 Å². The predicted molar refractivity (Wildman–Crippen MR) is 92.0 cm³/mol. The van der Waals surface area contributed by atoms with Crippen LogP contribution in [0, 0.1) is 17.3 Å². The molecular formula is C21H20O4. The summed E-state index contributed by atoms with van der Waals surface area (Å²) in [6.07, 6.45) is 3.25. The molecule has 0 N–H and O–H groups in total. The highest BCUT2D eigenvalue weighted by atomic mass is 16.5. The van der Waals surface area contributed by atoms with E-state index in [1.54, 1.807) is 24.3 Å². The van der Waals surface area contributed by atoms with E-state index in [9.17, 15) is 9.59 Å². The summed E-state index contributed by atoms with van der Waals surface area (Å²) in [7, 11) is 0. The van der Waals surface area contributed by atoms with Crippen LogP contribution in [0.3, 0.4) is 0 Å². The van der Waals surface area contributed by atoms with Crippen LogP contribution in [0.4, 0.5) is 0 Å². The van der Waals surface area contributed by atoms with Crippen LogP contribution in [0.15, 0.2) is 60.7 Å². The number of benzene rings is 2. The van der Waals surface area contributed by atoms with Crippen molar-refractivity contribution in [3.8, 4) is 11.5 Å². The molecule has 2 aromatic carbocycles. The first kappa shape index (κ1) is 15.9. The van der Waals surface area contributed by atoms with Gasteiger partial charge in [0.2, 0.25) is 0 Å². The van der Waals surface area contributed by atoms with Crippen LogP contribution in [0.1, 0.15) is 25.7 Å². The van der Waals surface area contributed by atoms with Gasteiger partial charge < -0.3 is 9.47 Å². The summed E-state index contributed by atoms with van der Waals surface area (Å²) < 4.78 is 10.8. The smallest absolute Gasteiger partial charge is 0.314 e. The van der Waals surface area contributed by atoms with Crippen molar-refractivity contribution in [2.75, 3.05) is 0 Å². The first-order valence-electron chi connectivity index (χ1n) is 8.67. The molecular weight excluding hydrogens is 316 g/mol. The quantitative estimate of drug-likeness (QED) is 0.625. The van der Waals surface area contributed by atoms with Gasteiger partial charge >= 0.3 is 11.9 Å². The number of esters is 2. The lowest BCUT2D eigenvalue weighted by molar-refractivity contribution is -0.164. The second-order valence-electron chi connectivity index (χ2n) is 7.18. The average molecular weight is 336 g/mol. The monoisotopic (exact) mass is 336 g/mol. The molecule has 0 saturated heterocycles. The number of carbonyl (C=O) groups is 2. The Hall–Kier alpha value is -2.62. The van der Waals surface area contributed by atoms with E-state index >= 15 is 0 Å². The zero-order valence-electron chi connectivity index (χ0n) is 13.9. The Balaban J connectivity index is 1.24. The van der Waals surface area contributed by atoms with Crippen molar-refractivity contribution in [1.29, 1.82) is 0 Å². The molecule has 4 heteroatoms. The molecule has 0 aliphatic heterocycles. The van der Waals surface area contributed by atoms with Crippen LogP contribution < -0.4 is 9.47 Å². The van der Waals surface area contributed by atoms with Crippen molar-refractivity contribution in [2.45, 2.75) is 25.7 Å². The average Bonchev–Trinajstić information content (AvgIpc) is 2.54. The number of carbonyl (C=O) groups excluding carboxylic acids is 2. The normalized spacial score (nSPS) is 27.0. The Morgan fingerprint density at radius 1 is 0.680 bits per heavy atom. The van der Waals surface area contributed by atoms with Gasteiger partial charge in [0.15, 0.2) is 0 Å². The molecule has 0 aromatic heterocycles. The summed E-state index contributed by atoms with van der Waals surface area (Å²) in [6.45, 7) is 0. The Labute approximate surface area is 146 Å². The molecule has 128 valence electrons. The fourth-order valence-electron chi connectivity index (χ4n) is 4.01. The van der Waals surface area contributed by atoms with Gasteiger partial charge in [-0.25, -0.2) is 0 Å². The van der Waals surface area contributed by atoms with Crippen molar-refractivity contribution >= 4 is 11.9 Å². The summed E-state index contributed by atoms with van der Waals surface area (Å²) in [5, 5.41) is 0. The van der Waals surface area contributed by atoms with Crippen molar-refractivity contribution in [3.05, 3.63) is 60.7 Å². The van der Waals surface area contributed by atoms with Crippen LogP contribution in [0.2, 0.25) is 0 Å². The molecule has 2 aliphatic rings. The molecule has 2 saturated carbocycles. The van der Waals surface area contributed by atoms with E-state index in [2.05, 4.69) is 0 Å². The summed E-state index contributed by atoms with van der Waals surface area (Å²) >= 11 is 0. The molecule has 25 heavy (non-hydrogen) atoms. The van der Waals surface area contributed by atoms with Crippen LogP contribution in [0.5, 0.6) is 11.5 Å². The van der Waals surface area contributed by atoms with Gasteiger partial charge in [0, 0.05) is 0 Å². The molecule has 4 nitrogen and oxygen atoms in total. The summed E-state index contributed by atoms with van der Waals surface area (Å²) in [4.78, 5) is 24.3. The Kier molecular flexibility index (Phi) is 4.04. The molecule has 0 radical (unpaired) electrons. The Morgan fingerprint density at radius 3 is 1.40 bits per heavy atom. The molecule has 0 bridgehead atoms. The van der Waals surface area contributed by atoms with Crippen LogP contribution in [-0.4, -0.2) is 11.9 Å². The molecule has 0 atom stereocenters. The zero-order valence-corrected chi connectivity index (χ0v) is 13.9. The highest BCUT2D eigenvalue weighted by molar-refractivity contribution is 5.78. The lowest BCUT2D eigenvalue weighted by atomic mass is 9.48. The SMILES string of the molecule is O=C(Oc1ccccc1)C1CC2(C1)CC(C(=O)Oc1ccccc1)C2. The third kappa shape index (κ3) is 3.29. The number of hydrogen-bond donors (Lipinski definition) is 0. The first-order valence-corrected chi connectivity index (χ1v) is 8.67. The maximum Gasteiger partial charge on any atom is 0.314 e. The second-order valence-corrected chi connectivity index (χ2v) is 7.18. The summed E-state index contributed by atoms with van der Waals surface area (Å²) in [5.74, 6) is 0.759. The van der Waals surface area contributed by atoms with Crippen molar-refractivity contribution < 1.29 is 19.1 Å². The minimum Gasteiger partial charge on any atom is -0.426 e. The Morgan fingerprint density at radius 2 is 1.04 bits per heavy atom. The molecule has 0 unspecified atom stereocenters. The van der Waals surface area contributed by atoms with Gasteiger partial charge in [0.1, 0.15) is 11.5 Å². The number of hydrogen-bond acceptors (Lipinski definition) is 4. The van der Waals surface area contributed by atoms with Gasteiger partial charge in [-0.1, -0.05) is 36.4 Å². The van der Waals surface area contributed by atoms with Crippen LogP contribution in [-0.2, 0) is 9.59 Å². The van der Waals surface area contributed by atoms with Crippen molar-refractivity contribution in [2.24, 2.45) is 17.3 Å². The van der Waals surface area contributed by atoms with E-state index in [1.165, 1.54) is 0 Å². The molecule has 2 aromatic rings.